The molecule has 1 unspecified atom stereocenters. The molecule has 1 aliphatic heterocycles. The van der Waals surface area contributed by atoms with Gasteiger partial charge in [-0.2, -0.15) is 0 Å². The van der Waals surface area contributed by atoms with Crippen LogP contribution in [-0.4, -0.2) is 52.6 Å². The second-order valence-corrected chi connectivity index (χ2v) is 9.64. The minimum absolute atomic E-state index is 0.00550. The van der Waals surface area contributed by atoms with Crippen molar-refractivity contribution < 1.29 is 19.2 Å². The van der Waals surface area contributed by atoms with Crippen molar-refractivity contribution in [1.29, 1.82) is 0 Å². The number of fused-ring (bicyclic) bond motifs is 1. The number of hydrogen-bond donors (Lipinski definition) is 1. The number of benzene rings is 1. The van der Waals surface area contributed by atoms with E-state index in [0.717, 1.165) is 18.4 Å². The van der Waals surface area contributed by atoms with Gasteiger partial charge in [-0.25, -0.2) is 0 Å². The zero-order valence-corrected chi connectivity index (χ0v) is 21.1. The lowest BCUT2D eigenvalue weighted by atomic mass is 9.85. The van der Waals surface area contributed by atoms with Gasteiger partial charge in [0.25, 0.3) is 0 Å². The fraction of sp³-hybridized carbons (Fsp3) is 0.520. The van der Waals surface area contributed by atoms with Crippen LogP contribution in [0.25, 0.3) is 0 Å². The van der Waals surface area contributed by atoms with Gasteiger partial charge in [-0.15, -0.1) is 0 Å². The number of nitrogens with one attached hydrogen (secondary N) is 1. The van der Waals surface area contributed by atoms with E-state index in [2.05, 4.69) is 5.32 Å². The standard InChI is InChI=1S/C25H31Cl2N3O4/c1-3-4-12-28-23(32)16(2)30(15-17-9-10-20(26)21(27)14-17)22(31)11-13-29-24(33)18-7-5-6-8-19(18)25(29)34/h5-6,9-10,14,16,18-19H,3-4,7-8,11-13,15H2,1-2H3,(H,28,32)/t16?,18-,19+. The molecule has 1 N–H and O–H groups in total. The number of carbonyl (C=O) groups is 4. The second-order valence-electron chi connectivity index (χ2n) is 8.82. The molecule has 0 bridgehead atoms. The van der Waals surface area contributed by atoms with Crippen molar-refractivity contribution in [2.45, 2.75) is 58.5 Å². The number of hydrogen-bond acceptors (Lipinski definition) is 4. The highest BCUT2D eigenvalue weighted by Crippen LogP contribution is 2.35. The molecule has 7 nitrogen and oxygen atoms in total. The quantitative estimate of drug-likeness (QED) is 0.295. The Morgan fingerprint density at radius 2 is 1.76 bits per heavy atom. The number of allylic oxidation sites excluding steroid dienone is 2. The van der Waals surface area contributed by atoms with Gasteiger partial charge in [0.15, 0.2) is 0 Å². The molecule has 34 heavy (non-hydrogen) atoms. The fourth-order valence-corrected chi connectivity index (χ4v) is 4.71. The van der Waals surface area contributed by atoms with Gasteiger partial charge < -0.3 is 10.2 Å². The van der Waals surface area contributed by atoms with Crippen molar-refractivity contribution in [3.63, 3.8) is 0 Å². The molecule has 3 atom stereocenters. The summed E-state index contributed by atoms with van der Waals surface area (Å²) in [5, 5.41) is 3.62. The fourth-order valence-electron chi connectivity index (χ4n) is 4.39. The van der Waals surface area contributed by atoms with Crippen LogP contribution in [0.1, 0.15) is 51.5 Å². The summed E-state index contributed by atoms with van der Waals surface area (Å²) in [4.78, 5) is 54.2. The molecule has 3 rings (SSSR count). The summed E-state index contributed by atoms with van der Waals surface area (Å²) in [6, 6.07) is 4.32. The molecule has 4 amide bonds. The van der Waals surface area contributed by atoms with Crippen LogP contribution in [0, 0.1) is 11.8 Å². The normalized spacial score (nSPS) is 20.3. The summed E-state index contributed by atoms with van der Waals surface area (Å²) in [5.41, 5.74) is 0.723. The highest BCUT2D eigenvalue weighted by Gasteiger charge is 2.47. The molecule has 1 fully saturated rings. The van der Waals surface area contributed by atoms with Crippen LogP contribution in [0.15, 0.2) is 30.4 Å². The third-order valence-electron chi connectivity index (χ3n) is 6.48. The minimum atomic E-state index is -0.740. The molecular weight excluding hydrogens is 477 g/mol. The maximum Gasteiger partial charge on any atom is 0.242 e. The highest BCUT2D eigenvalue weighted by atomic mass is 35.5. The van der Waals surface area contributed by atoms with E-state index in [9.17, 15) is 19.2 Å². The average Bonchev–Trinajstić information content (AvgIpc) is 3.07. The summed E-state index contributed by atoms with van der Waals surface area (Å²) >= 11 is 12.2. The molecule has 184 valence electrons. The van der Waals surface area contributed by atoms with Gasteiger partial charge in [0.2, 0.25) is 23.6 Å². The molecule has 1 aliphatic carbocycles. The number of halogens is 2. The third kappa shape index (κ3) is 5.99. The Balaban J connectivity index is 1.71. The van der Waals surface area contributed by atoms with Crippen molar-refractivity contribution >= 4 is 46.8 Å². The molecular formula is C25H31Cl2N3O4. The Bertz CT molecular complexity index is 955. The molecule has 1 saturated heterocycles. The zero-order chi connectivity index (χ0) is 24.8. The lowest BCUT2D eigenvalue weighted by molar-refractivity contribution is -0.143. The predicted octanol–water partition coefficient (Wildman–Crippen LogP) is 3.97. The van der Waals surface area contributed by atoms with Crippen LogP contribution >= 0.6 is 23.2 Å². The summed E-state index contributed by atoms with van der Waals surface area (Å²) in [5.74, 6) is -1.67. The third-order valence-corrected chi connectivity index (χ3v) is 7.22. The Morgan fingerprint density at radius 1 is 1.12 bits per heavy atom. The van der Waals surface area contributed by atoms with Crippen molar-refractivity contribution in [3.05, 3.63) is 46.0 Å². The van der Waals surface area contributed by atoms with Crippen molar-refractivity contribution in [3.8, 4) is 0 Å². The van der Waals surface area contributed by atoms with E-state index in [1.165, 1.54) is 9.80 Å². The van der Waals surface area contributed by atoms with Gasteiger partial charge in [0.05, 0.1) is 21.9 Å². The minimum Gasteiger partial charge on any atom is -0.354 e. The van der Waals surface area contributed by atoms with Crippen LogP contribution in [-0.2, 0) is 25.7 Å². The van der Waals surface area contributed by atoms with Gasteiger partial charge in [0.1, 0.15) is 6.04 Å². The predicted molar refractivity (Wildman–Crippen MR) is 131 cm³/mol. The van der Waals surface area contributed by atoms with Crippen molar-refractivity contribution in [2.75, 3.05) is 13.1 Å². The monoisotopic (exact) mass is 507 g/mol. The van der Waals surface area contributed by atoms with E-state index in [1.807, 2.05) is 19.1 Å². The Labute approximate surface area is 210 Å². The van der Waals surface area contributed by atoms with Gasteiger partial charge in [-0.05, 0) is 43.9 Å². The summed E-state index contributed by atoms with van der Waals surface area (Å²) in [7, 11) is 0. The lowest BCUT2D eigenvalue weighted by Crippen LogP contribution is -2.48. The number of carbonyl (C=O) groups excluding carboxylic acids is 4. The van der Waals surface area contributed by atoms with Gasteiger partial charge in [-0.3, -0.25) is 24.1 Å². The molecule has 1 heterocycles. The smallest absolute Gasteiger partial charge is 0.242 e. The number of amides is 4. The van der Waals surface area contributed by atoms with Gasteiger partial charge in [0, 0.05) is 26.1 Å². The van der Waals surface area contributed by atoms with E-state index < -0.39 is 6.04 Å². The molecule has 0 spiro atoms. The Hall–Kier alpha value is -2.38. The molecule has 0 radical (unpaired) electrons. The zero-order valence-electron chi connectivity index (χ0n) is 19.6. The maximum absolute atomic E-state index is 13.3. The van der Waals surface area contributed by atoms with Crippen LogP contribution in [0.4, 0.5) is 0 Å². The molecule has 9 heteroatoms. The summed E-state index contributed by atoms with van der Waals surface area (Å²) in [6.07, 6.45) is 6.69. The highest BCUT2D eigenvalue weighted by molar-refractivity contribution is 6.42. The molecule has 1 aromatic carbocycles. The van der Waals surface area contributed by atoms with Crippen LogP contribution in [0.2, 0.25) is 10.0 Å². The number of imide groups is 1. The van der Waals surface area contributed by atoms with Crippen LogP contribution in [0.3, 0.4) is 0 Å². The maximum atomic E-state index is 13.3. The Morgan fingerprint density at radius 3 is 2.35 bits per heavy atom. The van der Waals surface area contributed by atoms with Gasteiger partial charge >= 0.3 is 0 Å². The summed E-state index contributed by atoms with van der Waals surface area (Å²) < 4.78 is 0. The number of unbranched alkanes of at least 4 members (excludes halogenated alkanes) is 1. The van der Waals surface area contributed by atoms with Crippen molar-refractivity contribution in [2.24, 2.45) is 11.8 Å². The summed E-state index contributed by atoms with van der Waals surface area (Å²) in [6.45, 7) is 4.38. The SMILES string of the molecule is CCCCNC(=O)C(C)N(Cc1ccc(Cl)c(Cl)c1)C(=O)CCN1C(=O)[C@H]2CC=CC[C@H]2C1=O. The van der Waals surface area contributed by atoms with E-state index in [4.69, 9.17) is 23.2 Å². The average molecular weight is 508 g/mol. The first-order valence-electron chi connectivity index (χ1n) is 11.8. The van der Waals surface area contributed by atoms with Crippen molar-refractivity contribution in [1.82, 2.24) is 15.1 Å². The van der Waals surface area contributed by atoms with E-state index >= 15 is 0 Å². The molecule has 2 aliphatic rings. The Kier molecular flexibility index (Phi) is 9.14. The topological polar surface area (TPSA) is 86.8 Å². The first-order chi connectivity index (χ1) is 16.2. The van der Waals surface area contributed by atoms with E-state index in [1.54, 1.807) is 25.1 Å². The van der Waals surface area contributed by atoms with Crippen LogP contribution < -0.4 is 5.32 Å². The lowest BCUT2D eigenvalue weighted by Gasteiger charge is -2.29. The number of nitrogens with zero attached hydrogens (tertiary/aromatic N) is 2. The number of likely N-dealkylation sites (tertiary alicyclic amines) is 1. The number of rotatable bonds is 10. The van der Waals surface area contributed by atoms with E-state index in [-0.39, 0.29) is 55.0 Å². The van der Waals surface area contributed by atoms with Gasteiger partial charge in [-0.1, -0.05) is 54.8 Å². The first kappa shape index (κ1) is 26.2. The molecule has 0 saturated carbocycles. The molecule has 1 aromatic rings. The van der Waals surface area contributed by atoms with E-state index in [0.29, 0.717) is 29.4 Å². The first-order valence-corrected chi connectivity index (χ1v) is 12.5. The largest absolute Gasteiger partial charge is 0.354 e. The molecule has 0 aromatic heterocycles. The second kappa shape index (κ2) is 11.8. The van der Waals surface area contributed by atoms with Crippen LogP contribution in [0.5, 0.6) is 0 Å².